The molecular formula is C17H20BN5O8S. The molecule has 0 saturated heterocycles. The van der Waals surface area contributed by atoms with Crippen molar-refractivity contribution in [2.45, 2.75) is 12.4 Å². The number of carboxylic acids is 1. The first-order valence-electron chi connectivity index (χ1n) is 8.96. The van der Waals surface area contributed by atoms with Gasteiger partial charge in [-0.05, 0) is 18.1 Å². The summed E-state index contributed by atoms with van der Waals surface area (Å²) in [4.78, 5) is 44.0. The second-order valence-corrected chi connectivity index (χ2v) is 7.09. The molecule has 0 spiro atoms. The molecule has 32 heavy (non-hydrogen) atoms. The molecule has 1 atom stereocenters. The zero-order valence-electron chi connectivity index (χ0n) is 16.7. The number of para-hydroxylation sites is 1. The number of aromatic carboxylic acids is 1. The molecular weight excluding hydrogens is 445 g/mol. The number of carbonyl (C=O) groups is 3. The molecule has 2 aromatic rings. The molecule has 170 valence electrons. The monoisotopic (exact) mass is 465 g/mol. The van der Waals surface area contributed by atoms with Crippen molar-refractivity contribution in [2.24, 2.45) is 10.9 Å². The van der Waals surface area contributed by atoms with Crippen LogP contribution in [0.2, 0.25) is 0 Å². The van der Waals surface area contributed by atoms with Crippen molar-refractivity contribution in [1.82, 2.24) is 10.3 Å². The maximum Gasteiger partial charge on any atom is 0.475 e. The first-order chi connectivity index (χ1) is 15.2. The second-order valence-electron chi connectivity index (χ2n) is 6.23. The summed E-state index contributed by atoms with van der Waals surface area (Å²) in [7, 11) is -0.879. The van der Waals surface area contributed by atoms with Crippen LogP contribution in [0, 0.1) is 0 Å². The molecule has 0 unspecified atom stereocenters. The van der Waals surface area contributed by atoms with Gasteiger partial charge in [-0.3, -0.25) is 9.59 Å². The van der Waals surface area contributed by atoms with E-state index in [-0.39, 0.29) is 40.6 Å². The molecule has 0 aliphatic carbocycles. The Balaban J connectivity index is 2.24. The summed E-state index contributed by atoms with van der Waals surface area (Å²) in [6.07, 6.45) is -0.314. The van der Waals surface area contributed by atoms with Gasteiger partial charge in [-0.15, -0.1) is 11.3 Å². The average Bonchev–Trinajstić information content (AvgIpc) is 3.20. The second kappa shape index (κ2) is 11.2. The van der Waals surface area contributed by atoms with Gasteiger partial charge in [0.1, 0.15) is 24.1 Å². The molecule has 1 aromatic carbocycles. The Morgan fingerprint density at radius 2 is 2.06 bits per heavy atom. The van der Waals surface area contributed by atoms with Crippen LogP contribution in [-0.2, 0) is 20.8 Å². The number of anilines is 1. The number of oxime groups is 1. The van der Waals surface area contributed by atoms with Gasteiger partial charge < -0.3 is 41.5 Å². The zero-order valence-corrected chi connectivity index (χ0v) is 17.5. The lowest BCUT2D eigenvalue weighted by Crippen LogP contribution is -2.50. The molecule has 0 aliphatic rings. The van der Waals surface area contributed by atoms with E-state index in [1.54, 1.807) is 0 Å². The van der Waals surface area contributed by atoms with Crippen LogP contribution in [0.15, 0.2) is 28.7 Å². The van der Waals surface area contributed by atoms with E-state index in [1.165, 1.54) is 30.7 Å². The molecule has 2 rings (SSSR count). The van der Waals surface area contributed by atoms with Gasteiger partial charge in [0.25, 0.3) is 5.91 Å². The summed E-state index contributed by atoms with van der Waals surface area (Å²) >= 11 is 0.996. The minimum absolute atomic E-state index is 0.0311. The highest BCUT2D eigenvalue weighted by atomic mass is 32.1. The number of nitrogens with one attached hydrogen (secondary N) is 2. The summed E-state index contributed by atoms with van der Waals surface area (Å²) < 4.78 is 0. The maximum atomic E-state index is 12.7. The van der Waals surface area contributed by atoms with Crippen molar-refractivity contribution in [2.75, 3.05) is 19.0 Å². The molecule has 8 N–H and O–H groups in total. The van der Waals surface area contributed by atoms with Gasteiger partial charge in [-0.25, -0.2) is 9.78 Å². The maximum absolute atomic E-state index is 12.7. The summed E-state index contributed by atoms with van der Waals surface area (Å²) in [5, 5.41) is 48.6. The van der Waals surface area contributed by atoms with E-state index in [1.807, 2.05) is 0 Å². The predicted molar refractivity (Wildman–Crippen MR) is 114 cm³/mol. The molecule has 15 heteroatoms. The largest absolute Gasteiger partial charge is 0.507 e. The number of rotatable bonds is 10. The van der Waals surface area contributed by atoms with Gasteiger partial charge in [0.2, 0.25) is 5.91 Å². The van der Waals surface area contributed by atoms with Gasteiger partial charge in [-0.1, -0.05) is 17.3 Å². The molecule has 0 saturated carbocycles. The SMILES string of the molecule is CO/N=C(/C(=O)N[C@@H](Cc1cccc(C(=O)O)c1O)B(O)O)c1csc(NC(=O)CN)n1. The van der Waals surface area contributed by atoms with Crippen LogP contribution in [-0.4, -0.2) is 75.5 Å². The number of carbonyl (C=O) groups excluding carboxylic acids is 2. The van der Waals surface area contributed by atoms with Gasteiger partial charge in [0.05, 0.1) is 12.5 Å². The van der Waals surface area contributed by atoms with E-state index in [0.717, 1.165) is 11.3 Å². The van der Waals surface area contributed by atoms with Crippen molar-refractivity contribution < 1.29 is 39.5 Å². The third-order valence-electron chi connectivity index (χ3n) is 4.04. The minimum atomic E-state index is -2.06. The van der Waals surface area contributed by atoms with Crippen LogP contribution in [0.25, 0.3) is 0 Å². The lowest BCUT2D eigenvalue weighted by molar-refractivity contribution is -0.115. The highest BCUT2D eigenvalue weighted by Gasteiger charge is 2.30. The number of nitrogens with two attached hydrogens (primary N) is 1. The van der Waals surface area contributed by atoms with Crippen molar-refractivity contribution >= 4 is 47.1 Å². The number of nitrogens with zero attached hydrogens (tertiary/aromatic N) is 2. The van der Waals surface area contributed by atoms with Crippen LogP contribution in [0.3, 0.4) is 0 Å². The molecule has 13 nitrogen and oxygen atoms in total. The number of aromatic nitrogens is 1. The Morgan fingerprint density at radius 1 is 1.34 bits per heavy atom. The first kappa shape index (κ1) is 24.7. The highest BCUT2D eigenvalue weighted by Crippen LogP contribution is 2.24. The quantitative estimate of drug-likeness (QED) is 0.123. The van der Waals surface area contributed by atoms with E-state index in [2.05, 4.69) is 25.6 Å². The number of hydrogen-bond donors (Lipinski definition) is 7. The van der Waals surface area contributed by atoms with E-state index in [0.29, 0.717) is 0 Å². The fraction of sp³-hybridized carbons (Fsp3) is 0.235. The summed E-state index contributed by atoms with van der Waals surface area (Å²) in [5.74, 6) is -4.68. The molecule has 2 amide bonds. The Morgan fingerprint density at radius 3 is 2.66 bits per heavy atom. The van der Waals surface area contributed by atoms with E-state index in [4.69, 9.17) is 10.8 Å². The Labute approximate surface area is 185 Å². The zero-order chi connectivity index (χ0) is 23.8. The number of hydrogen-bond acceptors (Lipinski definition) is 11. The number of carboxylic acid groups (broad SMARTS) is 1. The van der Waals surface area contributed by atoms with Gasteiger partial charge >= 0.3 is 13.1 Å². The number of thiazole rings is 1. The average molecular weight is 465 g/mol. The third kappa shape index (κ3) is 6.24. The van der Waals surface area contributed by atoms with Crippen molar-refractivity contribution in [1.29, 1.82) is 0 Å². The molecule has 1 heterocycles. The standard InChI is InChI=1S/C17H20BN5O8S/c1-31-23-13(10-7-32-17(20-10)22-12(24)6-19)15(26)21-11(18(29)30)5-8-3-2-4-9(14(8)25)16(27)28/h2-4,7,11,25,29-30H,5-6,19H2,1H3,(H,21,26)(H,27,28)(H,20,22,24)/b23-13+/t11-/m0/s1. The lowest BCUT2D eigenvalue weighted by atomic mass is 9.75. The van der Waals surface area contributed by atoms with Crippen LogP contribution in [0.4, 0.5) is 5.13 Å². The molecule has 0 fully saturated rings. The fourth-order valence-electron chi connectivity index (χ4n) is 2.54. The van der Waals surface area contributed by atoms with E-state index >= 15 is 0 Å². The van der Waals surface area contributed by atoms with Crippen LogP contribution in [0.5, 0.6) is 5.75 Å². The summed E-state index contributed by atoms with van der Waals surface area (Å²) in [6, 6.07) is 3.92. The molecule has 1 aromatic heterocycles. The topological polar surface area (TPSA) is 217 Å². The molecule has 0 radical (unpaired) electrons. The van der Waals surface area contributed by atoms with E-state index in [9.17, 15) is 29.5 Å². The number of benzene rings is 1. The van der Waals surface area contributed by atoms with Gasteiger partial charge in [0, 0.05) is 5.38 Å². The van der Waals surface area contributed by atoms with Crippen molar-refractivity contribution in [3.63, 3.8) is 0 Å². The third-order valence-corrected chi connectivity index (χ3v) is 4.80. The van der Waals surface area contributed by atoms with Crippen LogP contribution in [0.1, 0.15) is 21.6 Å². The summed E-state index contributed by atoms with van der Waals surface area (Å²) in [6.45, 7) is -0.263. The number of phenols is 1. The first-order valence-corrected chi connectivity index (χ1v) is 9.84. The fourth-order valence-corrected chi connectivity index (χ4v) is 3.25. The smallest absolute Gasteiger partial charge is 0.475 e. The summed E-state index contributed by atoms with van der Waals surface area (Å²) in [5.41, 5.74) is 4.61. The Bertz CT molecular complexity index is 1030. The van der Waals surface area contributed by atoms with Gasteiger partial charge in [-0.2, -0.15) is 0 Å². The minimum Gasteiger partial charge on any atom is -0.507 e. The number of aromatic hydroxyl groups is 1. The van der Waals surface area contributed by atoms with E-state index < -0.39 is 36.6 Å². The van der Waals surface area contributed by atoms with Crippen molar-refractivity contribution in [3.05, 3.63) is 40.4 Å². The van der Waals surface area contributed by atoms with Gasteiger partial charge in [0.15, 0.2) is 10.8 Å². The highest BCUT2D eigenvalue weighted by molar-refractivity contribution is 7.14. The Hall–Kier alpha value is -3.53. The van der Waals surface area contributed by atoms with Crippen LogP contribution < -0.4 is 16.4 Å². The molecule has 0 aliphatic heterocycles. The number of amides is 2. The molecule has 0 bridgehead atoms. The predicted octanol–water partition coefficient (Wildman–Crippen LogP) is -1.47. The van der Waals surface area contributed by atoms with Crippen molar-refractivity contribution in [3.8, 4) is 5.75 Å². The normalized spacial score (nSPS) is 12.1. The Kier molecular flexibility index (Phi) is 8.66. The van der Waals surface area contributed by atoms with Crippen LogP contribution >= 0.6 is 11.3 Å². The lowest BCUT2D eigenvalue weighted by Gasteiger charge is -2.19.